The van der Waals surface area contributed by atoms with Crippen LogP contribution in [0.25, 0.3) is 0 Å². The summed E-state index contributed by atoms with van der Waals surface area (Å²) in [7, 11) is 0. The minimum absolute atomic E-state index is 0.167. The lowest BCUT2D eigenvalue weighted by Gasteiger charge is -2.14. The van der Waals surface area contributed by atoms with Crippen molar-refractivity contribution in [2.75, 3.05) is 5.32 Å². The topological polar surface area (TPSA) is 102 Å². The zero-order chi connectivity index (χ0) is 8.72. The molecule has 6 N–H and O–H groups in total. The van der Waals surface area contributed by atoms with E-state index in [9.17, 15) is 5.11 Å². The van der Waals surface area contributed by atoms with E-state index in [1.807, 2.05) is 0 Å². The number of rotatable bonds is 0. The highest BCUT2D eigenvalue weighted by atomic mass is 32.1. The second-order valence-corrected chi connectivity index (χ2v) is 2.79. The molecule has 0 saturated heterocycles. The molecule has 6 nitrogen and oxygen atoms in total. The molecule has 1 aromatic heterocycles. The third kappa shape index (κ3) is 0.990. The van der Waals surface area contributed by atoms with Crippen LogP contribution in [0, 0.1) is 4.77 Å². The number of hydrogen-bond acceptors (Lipinski definition) is 5. The Labute approximate surface area is 72.5 Å². The fourth-order valence-electron chi connectivity index (χ4n) is 1.05. The molecule has 1 unspecified atom stereocenters. The van der Waals surface area contributed by atoms with Crippen LogP contribution in [0.1, 0.15) is 11.9 Å². The van der Waals surface area contributed by atoms with Gasteiger partial charge in [-0.05, 0) is 12.2 Å². The third-order valence-corrected chi connectivity index (χ3v) is 1.73. The quantitative estimate of drug-likeness (QED) is 0.361. The zero-order valence-electron chi connectivity index (χ0n) is 5.96. The molecule has 1 atom stereocenters. The molecule has 0 saturated carbocycles. The van der Waals surface area contributed by atoms with Gasteiger partial charge in [-0.3, -0.25) is 0 Å². The molecular weight excluding hydrogens is 178 g/mol. The number of nitrogens with one attached hydrogen (secondary N) is 3. The van der Waals surface area contributed by atoms with Gasteiger partial charge in [-0.25, -0.2) is 4.99 Å². The number of imidazole rings is 1. The van der Waals surface area contributed by atoms with E-state index in [1.165, 1.54) is 0 Å². The maximum atomic E-state index is 9.34. The molecule has 0 aliphatic carbocycles. The Balaban J connectivity index is 2.54. The minimum atomic E-state index is -0.964. The van der Waals surface area contributed by atoms with Gasteiger partial charge in [0.05, 0.1) is 0 Å². The van der Waals surface area contributed by atoms with Crippen LogP contribution in [0.2, 0.25) is 0 Å². The zero-order valence-corrected chi connectivity index (χ0v) is 6.77. The van der Waals surface area contributed by atoms with Crippen LogP contribution >= 0.6 is 12.2 Å². The molecule has 0 spiro atoms. The van der Waals surface area contributed by atoms with Crippen LogP contribution in [-0.4, -0.2) is 21.0 Å². The predicted molar refractivity (Wildman–Crippen MR) is 46.2 cm³/mol. The first kappa shape index (κ1) is 7.32. The highest BCUT2D eigenvalue weighted by Gasteiger charge is 2.19. The summed E-state index contributed by atoms with van der Waals surface area (Å²) in [5, 5.41) is 12.1. The lowest BCUT2D eigenvalue weighted by atomic mass is 10.3. The second-order valence-electron chi connectivity index (χ2n) is 2.38. The van der Waals surface area contributed by atoms with E-state index in [0.29, 0.717) is 16.3 Å². The molecule has 0 bridgehead atoms. The molecule has 1 aliphatic rings. The number of hydrogen-bond donors (Lipinski definition) is 5. The number of aromatic amines is 2. The minimum Gasteiger partial charge on any atom is -0.370 e. The Bertz CT molecular complexity index is 391. The molecule has 12 heavy (non-hydrogen) atoms. The Kier molecular flexibility index (Phi) is 1.42. The lowest BCUT2D eigenvalue weighted by Crippen LogP contribution is -2.27. The first-order valence-electron chi connectivity index (χ1n) is 3.27. The highest BCUT2D eigenvalue weighted by molar-refractivity contribution is 7.71. The molecule has 0 radical (unpaired) electrons. The van der Waals surface area contributed by atoms with Gasteiger partial charge in [0.2, 0.25) is 0 Å². The van der Waals surface area contributed by atoms with Crippen LogP contribution in [0.4, 0.5) is 5.82 Å². The van der Waals surface area contributed by atoms with Crippen molar-refractivity contribution >= 4 is 24.0 Å². The molecule has 64 valence electrons. The first-order valence-corrected chi connectivity index (χ1v) is 3.68. The summed E-state index contributed by atoms with van der Waals surface area (Å²) in [5.41, 5.74) is 5.87. The number of guanidine groups is 1. The number of aliphatic imine (C=N–C) groups is 1. The molecule has 0 fully saturated rings. The normalized spacial score (nSPS) is 21.1. The van der Waals surface area contributed by atoms with Crippen molar-refractivity contribution in [3.63, 3.8) is 0 Å². The van der Waals surface area contributed by atoms with Gasteiger partial charge in [0, 0.05) is 0 Å². The van der Waals surface area contributed by atoms with Gasteiger partial charge in [0.25, 0.3) is 0 Å². The molecule has 1 aromatic rings. The Morgan fingerprint density at radius 2 is 2.25 bits per heavy atom. The van der Waals surface area contributed by atoms with Crippen molar-refractivity contribution < 1.29 is 5.11 Å². The first-order chi connectivity index (χ1) is 5.66. The summed E-state index contributed by atoms with van der Waals surface area (Å²) < 4.78 is 0.427. The number of fused-ring (bicyclic) bond motifs is 1. The summed E-state index contributed by atoms with van der Waals surface area (Å²) in [6.45, 7) is 0. The van der Waals surface area contributed by atoms with Crippen LogP contribution in [-0.2, 0) is 0 Å². The van der Waals surface area contributed by atoms with Gasteiger partial charge in [0.15, 0.2) is 17.0 Å². The predicted octanol–water partition coefficient (Wildman–Crippen LogP) is -0.197. The molecule has 7 heteroatoms. The SMILES string of the molecule is NC1=NC(O)c2[nH]c(=S)[nH]c2N1. The molecule has 0 amide bonds. The standard InChI is InChI=1S/C5H7N5OS/c6-4-8-2-1(3(11)10-4)7-5(12)9-2/h3,11H,(H3,6,8,10)(H2,7,9,12). The van der Waals surface area contributed by atoms with Gasteiger partial charge in [-0.15, -0.1) is 0 Å². The molecule has 2 rings (SSSR count). The van der Waals surface area contributed by atoms with Crippen molar-refractivity contribution in [2.45, 2.75) is 6.23 Å². The molecule has 1 aliphatic heterocycles. The number of aliphatic hydroxyl groups excluding tert-OH is 1. The maximum absolute atomic E-state index is 9.34. The summed E-state index contributed by atoms with van der Waals surface area (Å²) in [4.78, 5) is 9.21. The van der Waals surface area contributed by atoms with E-state index in [-0.39, 0.29) is 5.96 Å². The van der Waals surface area contributed by atoms with E-state index in [1.54, 1.807) is 0 Å². The number of anilines is 1. The Morgan fingerprint density at radius 3 is 3.00 bits per heavy atom. The van der Waals surface area contributed by atoms with Crippen LogP contribution in [0.3, 0.4) is 0 Å². The number of nitrogens with two attached hydrogens (primary N) is 1. The monoisotopic (exact) mass is 185 g/mol. The molecule has 0 aromatic carbocycles. The summed E-state index contributed by atoms with van der Waals surface area (Å²) >= 11 is 4.82. The van der Waals surface area contributed by atoms with Gasteiger partial charge < -0.3 is 26.1 Å². The maximum Gasteiger partial charge on any atom is 0.197 e. The summed E-state index contributed by atoms with van der Waals surface area (Å²) in [5.74, 6) is 0.736. The lowest BCUT2D eigenvalue weighted by molar-refractivity contribution is 0.183. The van der Waals surface area contributed by atoms with E-state index < -0.39 is 6.23 Å². The van der Waals surface area contributed by atoms with Gasteiger partial charge >= 0.3 is 0 Å². The van der Waals surface area contributed by atoms with Gasteiger partial charge in [-0.2, -0.15) is 0 Å². The highest BCUT2D eigenvalue weighted by Crippen LogP contribution is 2.23. The third-order valence-electron chi connectivity index (χ3n) is 1.53. The van der Waals surface area contributed by atoms with Crippen LogP contribution < -0.4 is 11.1 Å². The molecule has 2 heterocycles. The van der Waals surface area contributed by atoms with Crippen LogP contribution in [0.15, 0.2) is 4.99 Å². The number of aromatic nitrogens is 2. The van der Waals surface area contributed by atoms with Crippen molar-refractivity contribution in [1.82, 2.24) is 9.97 Å². The number of nitrogens with zero attached hydrogens (tertiary/aromatic N) is 1. The van der Waals surface area contributed by atoms with E-state index in [0.717, 1.165) is 0 Å². The van der Waals surface area contributed by atoms with Crippen molar-refractivity contribution in [1.29, 1.82) is 0 Å². The fourth-order valence-corrected chi connectivity index (χ4v) is 1.26. The van der Waals surface area contributed by atoms with Crippen LogP contribution in [0.5, 0.6) is 0 Å². The van der Waals surface area contributed by atoms with Gasteiger partial charge in [-0.1, -0.05) is 0 Å². The fraction of sp³-hybridized carbons (Fsp3) is 0.200. The number of aliphatic hydroxyl groups is 1. The van der Waals surface area contributed by atoms with E-state index in [2.05, 4.69) is 20.3 Å². The largest absolute Gasteiger partial charge is 0.370 e. The smallest absolute Gasteiger partial charge is 0.197 e. The second kappa shape index (κ2) is 2.32. The average Bonchev–Trinajstić information content (AvgIpc) is 2.29. The van der Waals surface area contributed by atoms with E-state index >= 15 is 0 Å². The Morgan fingerprint density at radius 1 is 1.50 bits per heavy atom. The Hall–Kier alpha value is -1.34. The molecular formula is C5H7N5OS. The van der Waals surface area contributed by atoms with Gasteiger partial charge in [0.1, 0.15) is 11.5 Å². The summed E-state index contributed by atoms with van der Waals surface area (Å²) in [6, 6.07) is 0. The van der Waals surface area contributed by atoms with Crippen molar-refractivity contribution in [3.8, 4) is 0 Å². The van der Waals surface area contributed by atoms with E-state index in [4.69, 9.17) is 18.0 Å². The summed E-state index contributed by atoms with van der Waals surface area (Å²) in [6.07, 6.45) is -0.964. The van der Waals surface area contributed by atoms with Crippen molar-refractivity contribution in [2.24, 2.45) is 10.7 Å². The average molecular weight is 185 g/mol. The van der Waals surface area contributed by atoms with Crippen molar-refractivity contribution in [3.05, 3.63) is 10.5 Å². The number of H-pyrrole nitrogens is 2.